The van der Waals surface area contributed by atoms with E-state index < -0.39 is 0 Å². The van der Waals surface area contributed by atoms with Gasteiger partial charge in [-0.3, -0.25) is 4.68 Å². The molecule has 6 heteroatoms. The Morgan fingerprint density at radius 3 is 2.68 bits per heavy atom. The van der Waals surface area contributed by atoms with Crippen LogP contribution in [0.1, 0.15) is 38.1 Å². The van der Waals surface area contributed by atoms with Gasteiger partial charge in [-0.2, -0.15) is 10.1 Å². The van der Waals surface area contributed by atoms with Crippen LogP contribution in [0.3, 0.4) is 0 Å². The Hall–Kier alpha value is -2.11. The first-order valence-electron chi connectivity index (χ1n) is 6.35. The SMILES string of the molecule is CCn1cc(Oc2nc(C(C)C)nc(N)c2C)cn1. The minimum absolute atomic E-state index is 0.198. The second-order valence-corrected chi connectivity index (χ2v) is 4.69. The van der Waals surface area contributed by atoms with Gasteiger partial charge in [0.05, 0.1) is 18.0 Å². The fourth-order valence-electron chi connectivity index (χ4n) is 1.57. The number of nitrogens with two attached hydrogens (primary N) is 1. The molecule has 0 amide bonds. The molecule has 0 aliphatic carbocycles. The second kappa shape index (κ2) is 5.26. The predicted molar refractivity (Wildman–Crippen MR) is 73.2 cm³/mol. The van der Waals surface area contributed by atoms with Crippen molar-refractivity contribution in [3.8, 4) is 11.6 Å². The van der Waals surface area contributed by atoms with Crippen molar-refractivity contribution < 1.29 is 4.74 Å². The van der Waals surface area contributed by atoms with E-state index in [9.17, 15) is 0 Å². The van der Waals surface area contributed by atoms with Crippen molar-refractivity contribution >= 4 is 5.82 Å². The third kappa shape index (κ3) is 2.83. The first-order valence-corrected chi connectivity index (χ1v) is 6.35. The predicted octanol–water partition coefficient (Wildman–Crippen LogP) is 2.50. The van der Waals surface area contributed by atoms with Gasteiger partial charge in [-0.25, -0.2) is 4.98 Å². The largest absolute Gasteiger partial charge is 0.435 e. The monoisotopic (exact) mass is 261 g/mol. The molecule has 2 N–H and O–H groups in total. The highest BCUT2D eigenvalue weighted by Crippen LogP contribution is 2.27. The highest BCUT2D eigenvalue weighted by atomic mass is 16.5. The van der Waals surface area contributed by atoms with Crippen molar-refractivity contribution in [1.29, 1.82) is 0 Å². The number of hydrogen-bond acceptors (Lipinski definition) is 5. The van der Waals surface area contributed by atoms with Gasteiger partial charge in [0.15, 0.2) is 5.75 Å². The van der Waals surface area contributed by atoms with Crippen molar-refractivity contribution in [2.75, 3.05) is 5.73 Å². The molecule has 0 aromatic carbocycles. The maximum Gasteiger partial charge on any atom is 0.227 e. The number of aryl methyl sites for hydroxylation is 1. The van der Waals surface area contributed by atoms with Crippen molar-refractivity contribution in [2.45, 2.75) is 40.2 Å². The van der Waals surface area contributed by atoms with Crippen LogP contribution in [0.4, 0.5) is 5.82 Å². The van der Waals surface area contributed by atoms with E-state index in [0.29, 0.717) is 23.3 Å². The van der Waals surface area contributed by atoms with Crippen molar-refractivity contribution in [3.63, 3.8) is 0 Å². The van der Waals surface area contributed by atoms with Crippen LogP contribution in [0.2, 0.25) is 0 Å². The molecule has 0 aliphatic heterocycles. The van der Waals surface area contributed by atoms with Gasteiger partial charge in [-0.15, -0.1) is 0 Å². The van der Waals surface area contributed by atoms with E-state index in [2.05, 4.69) is 15.1 Å². The highest BCUT2D eigenvalue weighted by Gasteiger charge is 2.13. The number of ether oxygens (including phenoxy) is 1. The third-order valence-corrected chi connectivity index (χ3v) is 2.82. The van der Waals surface area contributed by atoms with E-state index in [0.717, 1.165) is 12.1 Å². The fraction of sp³-hybridized carbons (Fsp3) is 0.462. The summed E-state index contributed by atoms with van der Waals surface area (Å²) < 4.78 is 7.54. The first-order chi connectivity index (χ1) is 9.01. The molecule has 0 bridgehead atoms. The molecule has 2 aromatic heterocycles. The zero-order valence-corrected chi connectivity index (χ0v) is 11.7. The van der Waals surface area contributed by atoms with E-state index >= 15 is 0 Å². The second-order valence-electron chi connectivity index (χ2n) is 4.69. The Bertz CT molecular complexity index is 576. The van der Waals surface area contributed by atoms with Gasteiger partial charge in [-0.1, -0.05) is 13.8 Å². The van der Waals surface area contributed by atoms with Crippen LogP contribution in [0, 0.1) is 6.92 Å². The summed E-state index contributed by atoms with van der Waals surface area (Å²) in [7, 11) is 0. The number of rotatable bonds is 4. The number of nitrogen functional groups attached to an aromatic ring is 1. The number of anilines is 1. The standard InChI is InChI=1S/C13H19N5O/c1-5-18-7-10(6-15-18)19-13-9(4)11(14)16-12(17-13)8(2)3/h6-8H,5H2,1-4H3,(H2,14,16,17). The Balaban J connectivity index is 2.33. The normalized spacial score (nSPS) is 11.0. The van der Waals surface area contributed by atoms with E-state index in [1.807, 2.05) is 33.9 Å². The van der Waals surface area contributed by atoms with Gasteiger partial charge in [0.1, 0.15) is 11.6 Å². The third-order valence-electron chi connectivity index (χ3n) is 2.82. The van der Waals surface area contributed by atoms with Gasteiger partial charge < -0.3 is 10.5 Å². The molecule has 102 valence electrons. The van der Waals surface area contributed by atoms with E-state index in [-0.39, 0.29) is 5.92 Å². The lowest BCUT2D eigenvalue weighted by Gasteiger charge is -2.11. The minimum atomic E-state index is 0.198. The first kappa shape index (κ1) is 13.3. The van der Waals surface area contributed by atoms with E-state index in [4.69, 9.17) is 10.5 Å². The molecule has 0 saturated carbocycles. The molecule has 2 heterocycles. The minimum Gasteiger partial charge on any atom is -0.435 e. The highest BCUT2D eigenvalue weighted by molar-refractivity contribution is 5.45. The van der Waals surface area contributed by atoms with Crippen LogP contribution in [-0.2, 0) is 6.54 Å². The lowest BCUT2D eigenvalue weighted by molar-refractivity contribution is 0.452. The van der Waals surface area contributed by atoms with Gasteiger partial charge in [-0.05, 0) is 13.8 Å². The van der Waals surface area contributed by atoms with Crippen LogP contribution >= 0.6 is 0 Å². The molecular weight excluding hydrogens is 242 g/mol. The Kier molecular flexibility index (Phi) is 3.69. The van der Waals surface area contributed by atoms with Gasteiger partial charge in [0.25, 0.3) is 0 Å². The van der Waals surface area contributed by atoms with Gasteiger partial charge in [0.2, 0.25) is 5.88 Å². The van der Waals surface area contributed by atoms with Crippen LogP contribution in [0.25, 0.3) is 0 Å². The molecule has 0 atom stereocenters. The molecule has 0 radical (unpaired) electrons. The summed E-state index contributed by atoms with van der Waals surface area (Å²) >= 11 is 0. The molecule has 2 aromatic rings. The molecule has 0 saturated heterocycles. The number of nitrogens with zero attached hydrogens (tertiary/aromatic N) is 4. The lowest BCUT2D eigenvalue weighted by Crippen LogP contribution is -2.06. The summed E-state index contributed by atoms with van der Waals surface area (Å²) in [5.74, 6) is 2.48. The topological polar surface area (TPSA) is 78.8 Å². The summed E-state index contributed by atoms with van der Waals surface area (Å²) in [6, 6.07) is 0. The van der Waals surface area contributed by atoms with Gasteiger partial charge in [0, 0.05) is 12.5 Å². The summed E-state index contributed by atoms with van der Waals surface area (Å²) in [4.78, 5) is 8.67. The molecule has 0 aliphatic rings. The van der Waals surface area contributed by atoms with Gasteiger partial charge >= 0.3 is 0 Å². The Labute approximate surface area is 112 Å². The Morgan fingerprint density at radius 2 is 2.11 bits per heavy atom. The van der Waals surface area contributed by atoms with E-state index in [1.54, 1.807) is 10.9 Å². The Morgan fingerprint density at radius 1 is 1.37 bits per heavy atom. The van der Waals surface area contributed by atoms with Crippen LogP contribution < -0.4 is 10.5 Å². The maximum absolute atomic E-state index is 5.89. The molecule has 2 rings (SSSR count). The molecule has 0 spiro atoms. The number of hydrogen-bond donors (Lipinski definition) is 1. The number of aromatic nitrogens is 4. The van der Waals surface area contributed by atoms with Crippen molar-refractivity contribution in [1.82, 2.24) is 19.7 Å². The zero-order chi connectivity index (χ0) is 14.0. The average Bonchev–Trinajstić information content (AvgIpc) is 2.82. The molecular formula is C13H19N5O. The molecule has 19 heavy (non-hydrogen) atoms. The summed E-state index contributed by atoms with van der Waals surface area (Å²) in [6.07, 6.45) is 3.49. The van der Waals surface area contributed by atoms with Crippen LogP contribution in [0.15, 0.2) is 12.4 Å². The van der Waals surface area contributed by atoms with Crippen LogP contribution in [-0.4, -0.2) is 19.7 Å². The average molecular weight is 261 g/mol. The summed E-state index contributed by atoms with van der Waals surface area (Å²) in [5.41, 5.74) is 6.64. The van der Waals surface area contributed by atoms with Crippen molar-refractivity contribution in [2.24, 2.45) is 0 Å². The van der Waals surface area contributed by atoms with E-state index in [1.165, 1.54) is 0 Å². The lowest BCUT2D eigenvalue weighted by atomic mass is 10.2. The fourth-order valence-corrected chi connectivity index (χ4v) is 1.57. The molecule has 0 unspecified atom stereocenters. The van der Waals surface area contributed by atoms with Crippen molar-refractivity contribution in [3.05, 3.63) is 23.8 Å². The quantitative estimate of drug-likeness (QED) is 0.914. The summed E-state index contributed by atoms with van der Waals surface area (Å²) in [5, 5.41) is 4.16. The van der Waals surface area contributed by atoms with Crippen LogP contribution in [0.5, 0.6) is 11.6 Å². The summed E-state index contributed by atoms with van der Waals surface area (Å²) in [6.45, 7) is 8.69. The maximum atomic E-state index is 5.89. The molecule has 6 nitrogen and oxygen atoms in total. The zero-order valence-electron chi connectivity index (χ0n) is 11.7. The smallest absolute Gasteiger partial charge is 0.227 e. The molecule has 0 fully saturated rings.